The Bertz CT molecular complexity index is 185. The maximum atomic E-state index is 3.69. The molecule has 1 N–H and O–H groups in total. The molecule has 0 spiro atoms. The highest BCUT2D eigenvalue weighted by Crippen LogP contribution is 2.13. The summed E-state index contributed by atoms with van der Waals surface area (Å²) in [6.07, 6.45) is 4.81. The monoisotopic (exact) mass is 244 g/mol. The largest absolute Gasteiger partial charge is 0.313 e. The van der Waals surface area contributed by atoms with Crippen molar-refractivity contribution in [3.63, 3.8) is 0 Å². The van der Waals surface area contributed by atoms with Crippen LogP contribution in [0.4, 0.5) is 0 Å². The van der Waals surface area contributed by atoms with Crippen molar-refractivity contribution in [3.8, 4) is 0 Å². The SMILES string of the molecule is CSCC(C)N1CCCNC(CC(C)C)C1. The van der Waals surface area contributed by atoms with E-state index in [-0.39, 0.29) is 0 Å². The van der Waals surface area contributed by atoms with Gasteiger partial charge in [0.1, 0.15) is 0 Å². The van der Waals surface area contributed by atoms with Gasteiger partial charge in [0.05, 0.1) is 0 Å². The lowest BCUT2D eigenvalue weighted by Crippen LogP contribution is -2.43. The Labute approximate surface area is 106 Å². The fourth-order valence-corrected chi connectivity index (χ4v) is 3.19. The fraction of sp³-hybridized carbons (Fsp3) is 1.00. The Morgan fingerprint density at radius 2 is 2.12 bits per heavy atom. The second-order valence-corrected chi connectivity index (χ2v) is 6.34. The third-order valence-electron chi connectivity index (χ3n) is 3.30. The molecule has 2 unspecified atom stereocenters. The van der Waals surface area contributed by atoms with Gasteiger partial charge < -0.3 is 5.32 Å². The summed E-state index contributed by atoms with van der Waals surface area (Å²) in [5.41, 5.74) is 0. The van der Waals surface area contributed by atoms with Crippen LogP contribution in [0, 0.1) is 5.92 Å². The van der Waals surface area contributed by atoms with Crippen LogP contribution >= 0.6 is 11.8 Å². The van der Waals surface area contributed by atoms with E-state index in [1.165, 1.54) is 38.2 Å². The summed E-state index contributed by atoms with van der Waals surface area (Å²) in [5, 5.41) is 3.69. The van der Waals surface area contributed by atoms with Gasteiger partial charge in [0.15, 0.2) is 0 Å². The highest BCUT2D eigenvalue weighted by molar-refractivity contribution is 7.98. The van der Waals surface area contributed by atoms with Gasteiger partial charge in [0, 0.05) is 24.4 Å². The summed E-state index contributed by atoms with van der Waals surface area (Å²) in [4.78, 5) is 2.67. The molecular formula is C13H28N2S. The first kappa shape index (κ1) is 14.3. The van der Waals surface area contributed by atoms with Gasteiger partial charge in [-0.15, -0.1) is 0 Å². The summed E-state index contributed by atoms with van der Waals surface area (Å²) in [5.74, 6) is 2.06. The maximum Gasteiger partial charge on any atom is 0.0197 e. The van der Waals surface area contributed by atoms with Crippen molar-refractivity contribution in [1.82, 2.24) is 10.2 Å². The standard InChI is InChI=1S/C13H28N2S/c1-11(2)8-13-9-15(7-5-6-14-13)12(3)10-16-4/h11-14H,5-10H2,1-4H3. The van der Waals surface area contributed by atoms with Gasteiger partial charge in [0.2, 0.25) is 0 Å². The zero-order valence-electron chi connectivity index (χ0n) is 11.3. The molecule has 0 aromatic heterocycles. The van der Waals surface area contributed by atoms with E-state index in [9.17, 15) is 0 Å². The summed E-state index contributed by atoms with van der Waals surface area (Å²) < 4.78 is 0. The normalized spacial score (nSPS) is 25.7. The molecule has 16 heavy (non-hydrogen) atoms. The molecule has 0 saturated carbocycles. The Kier molecular flexibility index (Phi) is 6.78. The molecule has 2 nitrogen and oxygen atoms in total. The van der Waals surface area contributed by atoms with Crippen LogP contribution in [0.2, 0.25) is 0 Å². The molecule has 0 aromatic carbocycles. The topological polar surface area (TPSA) is 15.3 Å². The molecule has 0 aliphatic carbocycles. The molecule has 96 valence electrons. The predicted molar refractivity (Wildman–Crippen MR) is 75.3 cm³/mol. The molecule has 1 fully saturated rings. The lowest BCUT2D eigenvalue weighted by atomic mass is 10.0. The lowest BCUT2D eigenvalue weighted by molar-refractivity contribution is 0.212. The fourth-order valence-electron chi connectivity index (χ4n) is 2.50. The lowest BCUT2D eigenvalue weighted by Gasteiger charge is -2.30. The molecule has 1 aliphatic heterocycles. The molecular weight excluding hydrogens is 216 g/mol. The first-order chi connectivity index (χ1) is 7.63. The van der Waals surface area contributed by atoms with Gasteiger partial charge in [0.25, 0.3) is 0 Å². The van der Waals surface area contributed by atoms with E-state index in [1.54, 1.807) is 0 Å². The summed E-state index contributed by atoms with van der Waals surface area (Å²) in [7, 11) is 0. The van der Waals surface area contributed by atoms with Crippen LogP contribution in [-0.2, 0) is 0 Å². The molecule has 1 saturated heterocycles. The van der Waals surface area contributed by atoms with Gasteiger partial charge in [-0.05, 0) is 45.0 Å². The number of rotatable bonds is 5. The third-order valence-corrected chi connectivity index (χ3v) is 4.11. The van der Waals surface area contributed by atoms with Gasteiger partial charge in [-0.3, -0.25) is 4.90 Å². The van der Waals surface area contributed by atoms with E-state index in [2.05, 4.69) is 37.2 Å². The van der Waals surface area contributed by atoms with Crippen LogP contribution in [0.15, 0.2) is 0 Å². The number of hydrogen-bond acceptors (Lipinski definition) is 3. The van der Waals surface area contributed by atoms with Crippen LogP contribution in [0.5, 0.6) is 0 Å². The van der Waals surface area contributed by atoms with E-state index in [0.717, 1.165) is 12.0 Å². The van der Waals surface area contributed by atoms with Crippen molar-refractivity contribution in [2.24, 2.45) is 5.92 Å². The number of nitrogens with one attached hydrogen (secondary N) is 1. The molecule has 0 radical (unpaired) electrons. The van der Waals surface area contributed by atoms with Gasteiger partial charge in [-0.2, -0.15) is 11.8 Å². The minimum atomic E-state index is 0.701. The summed E-state index contributed by atoms with van der Waals surface area (Å²) >= 11 is 1.96. The Morgan fingerprint density at radius 1 is 1.38 bits per heavy atom. The molecule has 0 amide bonds. The zero-order valence-corrected chi connectivity index (χ0v) is 12.1. The first-order valence-electron chi connectivity index (χ1n) is 6.59. The van der Waals surface area contributed by atoms with Crippen LogP contribution in [0.1, 0.15) is 33.6 Å². The molecule has 2 atom stereocenters. The van der Waals surface area contributed by atoms with E-state index in [0.29, 0.717) is 6.04 Å². The highest BCUT2D eigenvalue weighted by Gasteiger charge is 2.21. The third kappa shape index (κ3) is 5.07. The van der Waals surface area contributed by atoms with E-state index in [4.69, 9.17) is 0 Å². The van der Waals surface area contributed by atoms with Crippen LogP contribution in [-0.4, -0.2) is 48.6 Å². The quantitative estimate of drug-likeness (QED) is 0.800. The molecule has 1 rings (SSSR count). The van der Waals surface area contributed by atoms with Crippen molar-refractivity contribution in [2.45, 2.75) is 45.7 Å². The molecule has 0 aromatic rings. The number of thioether (sulfide) groups is 1. The van der Waals surface area contributed by atoms with Crippen LogP contribution in [0.25, 0.3) is 0 Å². The van der Waals surface area contributed by atoms with Crippen molar-refractivity contribution in [1.29, 1.82) is 0 Å². The number of hydrogen-bond donors (Lipinski definition) is 1. The summed E-state index contributed by atoms with van der Waals surface area (Å²) in [6.45, 7) is 10.7. The molecule has 1 heterocycles. The zero-order chi connectivity index (χ0) is 12.0. The highest BCUT2D eigenvalue weighted by atomic mass is 32.2. The van der Waals surface area contributed by atoms with Gasteiger partial charge in [-0.1, -0.05) is 13.8 Å². The summed E-state index contributed by atoms with van der Waals surface area (Å²) in [6, 6.07) is 1.43. The van der Waals surface area contributed by atoms with Gasteiger partial charge >= 0.3 is 0 Å². The Hall–Kier alpha value is 0.270. The van der Waals surface area contributed by atoms with Gasteiger partial charge in [-0.25, -0.2) is 0 Å². The predicted octanol–water partition coefficient (Wildman–Crippen LogP) is 2.45. The average Bonchev–Trinajstić information content (AvgIpc) is 2.43. The van der Waals surface area contributed by atoms with E-state index >= 15 is 0 Å². The first-order valence-corrected chi connectivity index (χ1v) is 7.99. The number of nitrogens with zero attached hydrogens (tertiary/aromatic N) is 1. The second-order valence-electron chi connectivity index (χ2n) is 5.43. The molecule has 3 heteroatoms. The smallest absolute Gasteiger partial charge is 0.0197 e. The van der Waals surface area contributed by atoms with Crippen LogP contribution < -0.4 is 5.32 Å². The minimum absolute atomic E-state index is 0.701. The average molecular weight is 244 g/mol. The van der Waals surface area contributed by atoms with E-state index in [1.807, 2.05) is 11.8 Å². The Balaban J connectivity index is 2.44. The minimum Gasteiger partial charge on any atom is -0.313 e. The second kappa shape index (κ2) is 7.57. The molecule has 1 aliphatic rings. The molecule has 0 bridgehead atoms. The van der Waals surface area contributed by atoms with Crippen molar-refractivity contribution < 1.29 is 0 Å². The van der Waals surface area contributed by atoms with Crippen molar-refractivity contribution in [3.05, 3.63) is 0 Å². The van der Waals surface area contributed by atoms with Crippen molar-refractivity contribution in [2.75, 3.05) is 31.6 Å². The van der Waals surface area contributed by atoms with E-state index < -0.39 is 0 Å². The van der Waals surface area contributed by atoms with Crippen LogP contribution in [0.3, 0.4) is 0 Å². The Morgan fingerprint density at radius 3 is 2.75 bits per heavy atom. The van der Waals surface area contributed by atoms with Crippen molar-refractivity contribution >= 4 is 11.8 Å². The maximum absolute atomic E-state index is 3.69.